The van der Waals surface area contributed by atoms with Crippen LogP contribution in [0.3, 0.4) is 0 Å². The molecule has 0 aromatic carbocycles. The zero-order valence-electron chi connectivity index (χ0n) is 8.73. The molecule has 2 N–H and O–H groups in total. The number of nitrogens with two attached hydrogens (primary N) is 1. The summed E-state index contributed by atoms with van der Waals surface area (Å²) in [6.45, 7) is 4.21. The van der Waals surface area contributed by atoms with E-state index in [0.717, 1.165) is 17.3 Å². The zero-order valence-corrected chi connectivity index (χ0v) is 9.55. The predicted molar refractivity (Wildman–Crippen MR) is 58.6 cm³/mol. The van der Waals surface area contributed by atoms with E-state index in [2.05, 4.69) is 16.3 Å². The Morgan fingerprint density at radius 2 is 2.29 bits per heavy atom. The second-order valence-corrected chi connectivity index (χ2v) is 4.92. The average molecular weight is 211 g/mol. The van der Waals surface area contributed by atoms with Crippen molar-refractivity contribution in [3.8, 4) is 0 Å². The number of hydrogen-bond donors (Lipinski definition) is 1. The van der Waals surface area contributed by atoms with Crippen LogP contribution in [0.5, 0.6) is 0 Å². The van der Waals surface area contributed by atoms with Crippen molar-refractivity contribution in [3.05, 3.63) is 10.8 Å². The molecule has 78 valence electrons. The highest BCUT2D eigenvalue weighted by atomic mass is 32.1. The highest BCUT2D eigenvalue weighted by molar-refractivity contribution is 7.05. The summed E-state index contributed by atoms with van der Waals surface area (Å²) in [5, 5.41) is 1.13. The first kappa shape index (κ1) is 10.1. The minimum absolute atomic E-state index is 0.181. The quantitative estimate of drug-likeness (QED) is 0.831. The van der Waals surface area contributed by atoms with E-state index in [-0.39, 0.29) is 6.04 Å². The molecule has 0 saturated heterocycles. The maximum Gasteiger partial charge on any atom is 0.145 e. The van der Waals surface area contributed by atoms with Crippen molar-refractivity contribution in [2.24, 2.45) is 5.73 Å². The number of aromatic nitrogens is 2. The van der Waals surface area contributed by atoms with Gasteiger partial charge in [-0.25, -0.2) is 4.98 Å². The van der Waals surface area contributed by atoms with Gasteiger partial charge in [0, 0.05) is 17.9 Å². The van der Waals surface area contributed by atoms with Crippen LogP contribution in [-0.4, -0.2) is 15.4 Å². The SMILES string of the molecule is CCC(c1nc(C2CC2)ns1)C(C)N. The fourth-order valence-electron chi connectivity index (χ4n) is 1.68. The predicted octanol–water partition coefficient (Wildman–Crippen LogP) is 2.26. The summed E-state index contributed by atoms with van der Waals surface area (Å²) in [5.41, 5.74) is 5.92. The second kappa shape index (κ2) is 3.95. The van der Waals surface area contributed by atoms with Gasteiger partial charge in [0.1, 0.15) is 10.8 Å². The first-order chi connectivity index (χ1) is 6.72. The Hall–Kier alpha value is -0.480. The van der Waals surface area contributed by atoms with E-state index >= 15 is 0 Å². The van der Waals surface area contributed by atoms with Crippen LogP contribution in [-0.2, 0) is 0 Å². The number of hydrogen-bond acceptors (Lipinski definition) is 4. The van der Waals surface area contributed by atoms with Gasteiger partial charge in [-0.3, -0.25) is 0 Å². The summed E-state index contributed by atoms with van der Waals surface area (Å²) in [6, 6.07) is 0.181. The number of nitrogens with zero attached hydrogens (tertiary/aromatic N) is 2. The zero-order chi connectivity index (χ0) is 10.1. The summed E-state index contributed by atoms with van der Waals surface area (Å²) in [7, 11) is 0. The summed E-state index contributed by atoms with van der Waals surface area (Å²) in [4.78, 5) is 4.59. The van der Waals surface area contributed by atoms with Gasteiger partial charge < -0.3 is 5.73 Å². The van der Waals surface area contributed by atoms with E-state index in [9.17, 15) is 0 Å². The van der Waals surface area contributed by atoms with Crippen LogP contribution < -0.4 is 5.73 Å². The number of rotatable bonds is 4. The molecule has 1 heterocycles. The molecule has 2 unspecified atom stereocenters. The van der Waals surface area contributed by atoms with Gasteiger partial charge in [-0.1, -0.05) is 6.92 Å². The van der Waals surface area contributed by atoms with Crippen molar-refractivity contribution in [2.45, 2.75) is 51.0 Å². The summed E-state index contributed by atoms with van der Waals surface area (Å²) in [5.74, 6) is 2.11. The van der Waals surface area contributed by atoms with Crippen LogP contribution in [0.15, 0.2) is 0 Å². The van der Waals surface area contributed by atoms with Crippen molar-refractivity contribution < 1.29 is 0 Å². The highest BCUT2D eigenvalue weighted by Crippen LogP contribution is 2.39. The molecule has 1 fully saturated rings. The Labute approximate surface area is 88.9 Å². The third kappa shape index (κ3) is 1.96. The first-order valence-electron chi connectivity index (χ1n) is 5.31. The van der Waals surface area contributed by atoms with E-state index in [0.29, 0.717) is 11.8 Å². The Morgan fingerprint density at radius 3 is 2.79 bits per heavy atom. The van der Waals surface area contributed by atoms with Gasteiger partial charge in [-0.2, -0.15) is 4.37 Å². The Balaban J connectivity index is 2.13. The second-order valence-electron chi connectivity index (χ2n) is 4.14. The van der Waals surface area contributed by atoms with Crippen LogP contribution in [0.1, 0.15) is 55.8 Å². The normalized spacial score (nSPS) is 20.8. The van der Waals surface area contributed by atoms with E-state index < -0.39 is 0 Å². The lowest BCUT2D eigenvalue weighted by Crippen LogP contribution is -2.24. The van der Waals surface area contributed by atoms with Gasteiger partial charge >= 0.3 is 0 Å². The molecular formula is C10H17N3S. The van der Waals surface area contributed by atoms with Crippen LogP contribution in [0.4, 0.5) is 0 Å². The van der Waals surface area contributed by atoms with E-state index in [4.69, 9.17) is 5.73 Å². The Kier molecular flexibility index (Phi) is 2.83. The smallest absolute Gasteiger partial charge is 0.145 e. The van der Waals surface area contributed by atoms with Crippen molar-refractivity contribution in [3.63, 3.8) is 0 Å². The molecule has 0 spiro atoms. The highest BCUT2D eigenvalue weighted by Gasteiger charge is 2.29. The molecule has 0 bridgehead atoms. The minimum Gasteiger partial charge on any atom is -0.327 e. The molecule has 3 nitrogen and oxygen atoms in total. The van der Waals surface area contributed by atoms with E-state index in [1.165, 1.54) is 24.4 Å². The van der Waals surface area contributed by atoms with Crippen LogP contribution >= 0.6 is 11.5 Å². The molecule has 1 aromatic heterocycles. The first-order valence-corrected chi connectivity index (χ1v) is 6.08. The minimum atomic E-state index is 0.181. The molecule has 1 aliphatic rings. The van der Waals surface area contributed by atoms with Gasteiger partial charge in [-0.15, -0.1) is 0 Å². The Morgan fingerprint density at radius 1 is 1.57 bits per heavy atom. The van der Waals surface area contributed by atoms with Crippen molar-refractivity contribution in [1.82, 2.24) is 9.36 Å². The average Bonchev–Trinajstić information content (AvgIpc) is 2.88. The summed E-state index contributed by atoms with van der Waals surface area (Å²) in [6.07, 6.45) is 3.59. The van der Waals surface area contributed by atoms with Crippen molar-refractivity contribution in [2.75, 3.05) is 0 Å². The van der Waals surface area contributed by atoms with Gasteiger partial charge in [0.25, 0.3) is 0 Å². The van der Waals surface area contributed by atoms with Crippen LogP contribution in [0.2, 0.25) is 0 Å². The molecule has 14 heavy (non-hydrogen) atoms. The molecule has 0 aliphatic heterocycles. The standard InChI is InChI=1S/C10H17N3S/c1-3-8(6(2)11)10-12-9(13-14-10)7-4-5-7/h6-8H,3-5,11H2,1-2H3. The Bertz CT molecular complexity index is 304. The van der Waals surface area contributed by atoms with Crippen LogP contribution in [0.25, 0.3) is 0 Å². The van der Waals surface area contributed by atoms with E-state index in [1.54, 1.807) is 0 Å². The van der Waals surface area contributed by atoms with Gasteiger partial charge in [0.05, 0.1) is 0 Å². The van der Waals surface area contributed by atoms with Gasteiger partial charge in [-0.05, 0) is 37.7 Å². The molecule has 1 aromatic rings. The van der Waals surface area contributed by atoms with Crippen molar-refractivity contribution in [1.29, 1.82) is 0 Å². The maximum atomic E-state index is 5.92. The van der Waals surface area contributed by atoms with Gasteiger partial charge in [0.2, 0.25) is 0 Å². The monoisotopic (exact) mass is 211 g/mol. The summed E-state index contributed by atoms with van der Waals surface area (Å²) < 4.78 is 4.40. The molecular weight excluding hydrogens is 194 g/mol. The van der Waals surface area contributed by atoms with Gasteiger partial charge in [0.15, 0.2) is 0 Å². The third-order valence-corrected chi connectivity index (χ3v) is 3.65. The molecule has 0 amide bonds. The summed E-state index contributed by atoms with van der Waals surface area (Å²) >= 11 is 1.54. The third-order valence-electron chi connectivity index (χ3n) is 2.79. The van der Waals surface area contributed by atoms with E-state index in [1.807, 2.05) is 6.92 Å². The molecule has 0 radical (unpaired) electrons. The molecule has 1 saturated carbocycles. The lowest BCUT2D eigenvalue weighted by molar-refractivity contribution is 0.548. The largest absolute Gasteiger partial charge is 0.327 e. The molecule has 1 aliphatic carbocycles. The molecule has 2 rings (SSSR count). The lowest BCUT2D eigenvalue weighted by atomic mass is 10.0. The lowest BCUT2D eigenvalue weighted by Gasteiger charge is -2.14. The molecule has 2 atom stereocenters. The fraction of sp³-hybridized carbons (Fsp3) is 0.800. The topological polar surface area (TPSA) is 51.8 Å². The van der Waals surface area contributed by atoms with Crippen LogP contribution in [0, 0.1) is 0 Å². The molecule has 4 heteroatoms. The fourth-order valence-corrected chi connectivity index (χ4v) is 2.70. The van der Waals surface area contributed by atoms with Crippen molar-refractivity contribution >= 4 is 11.5 Å². The maximum absolute atomic E-state index is 5.92.